The summed E-state index contributed by atoms with van der Waals surface area (Å²) in [5.74, 6) is -1.54. The summed E-state index contributed by atoms with van der Waals surface area (Å²) in [6.07, 6.45) is 4.68. The normalized spacial score (nSPS) is 27.8. The Balaban J connectivity index is 1.42. The number of nitrogens with one attached hydrogen (secondary N) is 2. The van der Waals surface area contributed by atoms with Gasteiger partial charge in [-0.05, 0) is 49.9 Å². The predicted octanol–water partition coefficient (Wildman–Crippen LogP) is 4.56. The molecule has 37 heavy (non-hydrogen) atoms. The molecule has 2 unspecified atom stereocenters. The van der Waals surface area contributed by atoms with Crippen molar-refractivity contribution in [2.75, 3.05) is 23.8 Å². The molecule has 2 aromatic rings. The fraction of sp³-hybridized carbons (Fsp3) is 0.464. The van der Waals surface area contributed by atoms with Crippen LogP contribution in [0.2, 0.25) is 5.02 Å². The number of hydrogen-bond donors (Lipinski definition) is 3. The summed E-state index contributed by atoms with van der Waals surface area (Å²) in [5.41, 5.74) is 1.22. The summed E-state index contributed by atoms with van der Waals surface area (Å²) in [7, 11) is 0. The average Bonchev–Trinajstić information content (AvgIpc) is 3.53. The minimum atomic E-state index is -0.677. The van der Waals surface area contributed by atoms with Gasteiger partial charge in [-0.3, -0.25) is 14.4 Å². The van der Waals surface area contributed by atoms with E-state index in [-0.39, 0.29) is 29.6 Å². The summed E-state index contributed by atoms with van der Waals surface area (Å²) >= 11 is 7.98. The van der Waals surface area contributed by atoms with Crippen molar-refractivity contribution in [3.63, 3.8) is 0 Å². The lowest BCUT2D eigenvalue weighted by molar-refractivity contribution is -0.138. The van der Waals surface area contributed by atoms with Gasteiger partial charge in [-0.2, -0.15) is 0 Å². The van der Waals surface area contributed by atoms with Gasteiger partial charge in [0.05, 0.1) is 27.3 Å². The zero-order valence-corrected chi connectivity index (χ0v) is 22.1. The van der Waals surface area contributed by atoms with Crippen LogP contribution in [0.5, 0.6) is 0 Å². The third kappa shape index (κ3) is 4.87. The van der Waals surface area contributed by atoms with Crippen LogP contribution in [0, 0.1) is 11.8 Å². The van der Waals surface area contributed by atoms with Gasteiger partial charge in [0.1, 0.15) is 6.04 Å². The highest BCUT2D eigenvalue weighted by Gasteiger charge is 2.73. The number of hydrogen-bond acceptors (Lipinski definition) is 5. The van der Waals surface area contributed by atoms with E-state index in [1.165, 1.54) is 0 Å². The van der Waals surface area contributed by atoms with Crippen LogP contribution in [0.3, 0.4) is 0 Å². The molecule has 0 aliphatic carbocycles. The second-order valence-corrected chi connectivity index (χ2v) is 12.1. The van der Waals surface area contributed by atoms with Crippen molar-refractivity contribution in [1.29, 1.82) is 0 Å². The molecule has 3 saturated heterocycles. The zero-order valence-electron chi connectivity index (χ0n) is 20.6. The first-order valence-corrected chi connectivity index (χ1v) is 14.2. The van der Waals surface area contributed by atoms with E-state index in [2.05, 4.69) is 10.6 Å². The zero-order chi connectivity index (χ0) is 26.0. The number of nitrogens with zero attached hydrogens (tertiary/aromatic N) is 1. The number of anilines is 2. The van der Waals surface area contributed by atoms with Crippen molar-refractivity contribution < 1.29 is 19.5 Å². The minimum Gasteiger partial charge on any atom is -0.396 e. The molecule has 9 heteroatoms. The molecule has 2 aromatic carbocycles. The second kappa shape index (κ2) is 11.1. The molecule has 3 amide bonds. The van der Waals surface area contributed by atoms with Crippen LogP contribution in [0.4, 0.5) is 11.4 Å². The van der Waals surface area contributed by atoms with Gasteiger partial charge < -0.3 is 20.6 Å². The number of unbranched alkanes of at least 4 members (excludes halogenated alkanes) is 3. The lowest BCUT2D eigenvalue weighted by Gasteiger charge is -2.34. The number of carbonyl (C=O) groups is 3. The van der Waals surface area contributed by atoms with Gasteiger partial charge in [-0.1, -0.05) is 54.8 Å². The summed E-state index contributed by atoms with van der Waals surface area (Å²) in [6.45, 7) is 0.592. The molecule has 3 heterocycles. The molecule has 3 aliphatic heterocycles. The molecule has 7 nitrogen and oxygen atoms in total. The molecule has 1 spiro atoms. The van der Waals surface area contributed by atoms with Crippen molar-refractivity contribution in [2.24, 2.45) is 11.8 Å². The molecule has 2 bridgehead atoms. The third-order valence-electron chi connectivity index (χ3n) is 7.83. The second-order valence-electron chi connectivity index (χ2n) is 10.0. The predicted molar refractivity (Wildman–Crippen MR) is 147 cm³/mol. The van der Waals surface area contributed by atoms with Crippen LogP contribution in [-0.4, -0.2) is 56.9 Å². The standard InChI is InChI=1S/C28H32ClN3O4S/c29-19-12-6-7-13-20(19)31-26(35)24-28-15-14-21(37-28)22(25(34)30-18-10-4-3-5-11-18)23(28)27(36)32(24)16-8-1-2-9-17-33/h3-7,10-13,21-24,33H,1-2,8-9,14-17H2,(H,30,34)(H,31,35)/t21-,22+,23-,24?,28?/m0/s1. The monoisotopic (exact) mass is 541 g/mol. The Kier molecular flexibility index (Phi) is 7.79. The maximum absolute atomic E-state index is 14.0. The maximum Gasteiger partial charge on any atom is 0.248 e. The van der Waals surface area contributed by atoms with Crippen LogP contribution in [0.25, 0.3) is 0 Å². The molecular formula is C28H32ClN3O4S. The first-order valence-electron chi connectivity index (χ1n) is 13.0. The molecule has 3 fully saturated rings. The van der Waals surface area contributed by atoms with Gasteiger partial charge in [0.25, 0.3) is 0 Å². The molecule has 0 radical (unpaired) electrons. The lowest BCUT2D eigenvalue weighted by atomic mass is 9.70. The molecule has 3 N–H and O–H groups in total. The van der Waals surface area contributed by atoms with E-state index in [1.807, 2.05) is 30.3 Å². The number of rotatable bonds is 10. The van der Waals surface area contributed by atoms with E-state index in [4.69, 9.17) is 16.7 Å². The highest BCUT2D eigenvalue weighted by Crippen LogP contribution is 2.66. The number of likely N-dealkylation sites (tertiary alicyclic amines) is 1. The van der Waals surface area contributed by atoms with Crippen LogP contribution in [-0.2, 0) is 14.4 Å². The van der Waals surface area contributed by atoms with Crippen LogP contribution >= 0.6 is 23.4 Å². The Bertz CT molecular complexity index is 1170. The summed E-state index contributed by atoms with van der Waals surface area (Å²) in [6, 6.07) is 15.7. The average molecular weight is 542 g/mol. The topological polar surface area (TPSA) is 98.7 Å². The van der Waals surface area contributed by atoms with Gasteiger partial charge in [0.15, 0.2) is 0 Å². The van der Waals surface area contributed by atoms with Gasteiger partial charge in [0, 0.05) is 24.1 Å². The van der Waals surface area contributed by atoms with Gasteiger partial charge >= 0.3 is 0 Å². The number of carbonyl (C=O) groups excluding carboxylic acids is 3. The Labute approximate surface area is 226 Å². The van der Waals surface area contributed by atoms with Crippen molar-refractivity contribution in [3.8, 4) is 0 Å². The highest BCUT2D eigenvalue weighted by atomic mass is 35.5. The largest absolute Gasteiger partial charge is 0.396 e. The van der Waals surface area contributed by atoms with Gasteiger partial charge in [-0.25, -0.2) is 0 Å². The van der Waals surface area contributed by atoms with Crippen molar-refractivity contribution in [3.05, 3.63) is 59.6 Å². The maximum atomic E-state index is 14.0. The Morgan fingerprint density at radius 3 is 2.49 bits per heavy atom. The molecule has 0 saturated carbocycles. The van der Waals surface area contributed by atoms with Crippen LogP contribution in [0.15, 0.2) is 54.6 Å². The third-order valence-corrected chi connectivity index (χ3v) is 10.1. The fourth-order valence-electron chi connectivity index (χ4n) is 6.25. The summed E-state index contributed by atoms with van der Waals surface area (Å²) in [4.78, 5) is 43.0. The van der Waals surface area contributed by atoms with Crippen LogP contribution < -0.4 is 10.6 Å². The number of aliphatic hydroxyl groups excluding tert-OH is 1. The molecule has 3 aliphatic rings. The number of para-hydroxylation sites is 2. The van der Waals surface area contributed by atoms with Gasteiger partial charge in [-0.15, -0.1) is 11.8 Å². The number of benzene rings is 2. The fourth-order valence-corrected chi connectivity index (χ4v) is 8.66. The molecular weight excluding hydrogens is 510 g/mol. The minimum absolute atomic E-state index is 0.0000188. The number of amides is 3. The molecule has 5 atom stereocenters. The molecule has 0 aromatic heterocycles. The van der Waals surface area contributed by atoms with Gasteiger partial charge in [0.2, 0.25) is 17.7 Å². The SMILES string of the molecule is O=C(Nc1ccccc1Cl)C1N(CCCCCCO)C(=O)[C@@H]2[C@H](C(=O)Nc3ccccc3)[C@@H]3CCC12S3. The Morgan fingerprint density at radius 2 is 1.73 bits per heavy atom. The van der Waals surface area contributed by atoms with E-state index in [9.17, 15) is 14.4 Å². The van der Waals surface area contributed by atoms with E-state index < -0.39 is 22.6 Å². The van der Waals surface area contributed by atoms with E-state index in [0.717, 1.165) is 38.5 Å². The van der Waals surface area contributed by atoms with E-state index >= 15 is 0 Å². The Hall–Kier alpha value is -2.55. The number of fused-ring (bicyclic) bond motifs is 1. The number of aliphatic hydroxyl groups is 1. The van der Waals surface area contributed by atoms with Crippen molar-refractivity contribution in [1.82, 2.24) is 4.90 Å². The first-order chi connectivity index (χ1) is 18.0. The smallest absolute Gasteiger partial charge is 0.248 e. The summed E-state index contributed by atoms with van der Waals surface area (Å²) < 4.78 is -0.642. The number of halogens is 1. The molecule has 5 rings (SSSR count). The van der Waals surface area contributed by atoms with Crippen molar-refractivity contribution in [2.45, 2.75) is 54.6 Å². The van der Waals surface area contributed by atoms with Crippen LogP contribution in [0.1, 0.15) is 38.5 Å². The quantitative estimate of drug-likeness (QED) is 0.383. The summed E-state index contributed by atoms with van der Waals surface area (Å²) in [5, 5.41) is 15.5. The number of thioether (sulfide) groups is 1. The lowest BCUT2D eigenvalue weighted by Crippen LogP contribution is -2.51. The molecule has 196 valence electrons. The van der Waals surface area contributed by atoms with E-state index in [0.29, 0.717) is 22.9 Å². The van der Waals surface area contributed by atoms with E-state index in [1.54, 1.807) is 40.9 Å². The first kappa shape index (κ1) is 26.1. The highest BCUT2D eigenvalue weighted by molar-refractivity contribution is 8.02. The van der Waals surface area contributed by atoms with Crippen molar-refractivity contribution >= 4 is 52.5 Å². The Morgan fingerprint density at radius 1 is 1.00 bits per heavy atom.